The zero-order valence-electron chi connectivity index (χ0n) is 22.3. The topological polar surface area (TPSA) is 97.9 Å². The molecule has 0 saturated carbocycles. The Hall–Kier alpha value is -4.15. The lowest BCUT2D eigenvalue weighted by atomic mass is 10.2. The van der Waals surface area contributed by atoms with Gasteiger partial charge in [-0.05, 0) is 62.6 Å². The molecule has 10 nitrogen and oxygen atoms in total. The molecular weight excluding hydrogens is 480 g/mol. The Bertz CT molecular complexity index is 1230. The lowest BCUT2D eigenvalue weighted by Crippen LogP contribution is -2.36. The van der Waals surface area contributed by atoms with Gasteiger partial charge in [-0.25, -0.2) is 4.98 Å². The van der Waals surface area contributed by atoms with Gasteiger partial charge in [0.25, 0.3) is 0 Å². The van der Waals surface area contributed by atoms with Gasteiger partial charge in [-0.2, -0.15) is 4.98 Å². The monoisotopic (exact) mass is 516 g/mol. The number of nitrogens with zero attached hydrogens (tertiary/aromatic N) is 5. The van der Waals surface area contributed by atoms with Gasteiger partial charge in [0.1, 0.15) is 0 Å². The average Bonchev–Trinajstić information content (AvgIpc) is 2.93. The molecule has 1 saturated heterocycles. The van der Waals surface area contributed by atoms with Crippen LogP contribution in [0.3, 0.4) is 0 Å². The van der Waals surface area contributed by atoms with Crippen LogP contribution in [0.15, 0.2) is 67.4 Å². The smallest absolute Gasteiger partial charge is 0.247 e. The molecule has 3 aromatic rings. The molecule has 0 bridgehead atoms. The second-order valence-corrected chi connectivity index (χ2v) is 9.32. The minimum Gasteiger partial charge on any atom is -0.378 e. The van der Waals surface area contributed by atoms with Crippen LogP contribution >= 0.6 is 0 Å². The highest BCUT2D eigenvalue weighted by Gasteiger charge is 2.18. The van der Waals surface area contributed by atoms with E-state index in [1.807, 2.05) is 42.6 Å². The van der Waals surface area contributed by atoms with E-state index in [1.54, 1.807) is 0 Å². The van der Waals surface area contributed by atoms with Crippen molar-refractivity contribution in [1.82, 2.24) is 14.9 Å². The van der Waals surface area contributed by atoms with Gasteiger partial charge in [0.05, 0.1) is 25.1 Å². The van der Waals surface area contributed by atoms with Crippen molar-refractivity contribution in [3.63, 3.8) is 0 Å². The predicted molar refractivity (Wildman–Crippen MR) is 155 cm³/mol. The summed E-state index contributed by atoms with van der Waals surface area (Å²) >= 11 is 0. The number of likely N-dealkylation sites (N-methyl/N-ethyl adjacent to an activating group) is 2. The van der Waals surface area contributed by atoms with Gasteiger partial charge >= 0.3 is 0 Å². The Labute approximate surface area is 224 Å². The van der Waals surface area contributed by atoms with Gasteiger partial charge in [0, 0.05) is 56.0 Å². The van der Waals surface area contributed by atoms with Crippen LogP contribution < -0.4 is 25.8 Å². The Balaban J connectivity index is 1.54. The molecule has 200 valence electrons. The number of benzene rings is 2. The molecule has 3 N–H and O–H groups in total. The highest BCUT2D eigenvalue weighted by molar-refractivity contribution is 5.99. The number of morpholine rings is 1. The van der Waals surface area contributed by atoms with Crippen molar-refractivity contribution in [2.45, 2.75) is 0 Å². The summed E-state index contributed by atoms with van der Waals surface area (Å²) in [7, 11) is 6.24. The third-order valence-corrected chi connectivity index (χ3v) is 6.15. The quantitative estimate of drug-likeness (QED) is 0.328. The van der Waals surface area contributed by atoms with Crippen LogP contribution in [-0.4, -0.2) is 81.3 Å². The average molecular weight is 517 g/mol. The van der Waals surface area contributed by atoms with Gasteiger partial charge < -0.3 is 35.4 Å². The SMILES string of the molecule is C=CC(=O)Nc1cccc(Nc2nc(Nc3ccc(N(C)CCN(C)C)cc3)ncc2N2CCOCC2)c1. The minimum atomic E-state index is -0.264. The number of rotatable bonds is 11. The van der Waals surface area contributed by atoms with Crippen molar-refractivity contribution < 1.29 is 9.53 Å². The Morgan fingerprint density at radius 1 is 1.03 bits per heavy atom. The molecule has 2 heterocycles. The van der Waals surface area contributed by atoms with Crippen molar-refractivity contribution in [2.24, 2.45) is 0 Å². The highest BCUT2D eigenvalue weighted by atomic mass is 16.5. The maximum Gasteiger partial charge on any atom is 0.247 e. The number of ether oxygens (including phenoxy) is 1. The van der Waals surface area contributed by atoms with E-state index in [0.29, 0.717) is 30.7 Å². The fraction of sp³-hybridized carbons (Fsp3) is 0.321. The van der Waals surface area contributed by atoms with Gasteiger partial charge in [-0.3, -0.25) is 4.79 Å². The van der Waals surface area contributed by atoms with E-state index in [0.717, 1.165) is 48.9 Å². The second kappa shape index (κ2) is 12.9. The summed E-state index contributed by atoms with van der Waals surface area (Å²) in [5.41, 5.74) is 4.38. The second-order valence-electron chi connectivity index (χ2n) is 9.32. The number of nitrogens with one attached hydrogen (secondary N) is 3. The Morgan fingerprint density at radius 3 is 2.47 bits per heavy atom. The van der Waals surface area contributed by atoms with Crippen LogP contribution in [0, 0.1) is 0 Å². The first-order chi connectivity index (χ1) is 18.4. The number of hydrogen-bond acceptors (Lipinski definition) is 9. The molecule has 1 aromatic heterocycles. The van der Waals surface area contributed by atoms with Crippen molar-refractivity contribution in [3.05, 3.63) is 67.4 Å². The molecule has 4 rings (SSSR count). The first-order valence-electron chi connectivity index (χ1n) is 12.6. The molecule has 2 aromatic carbocycles. The lowest BCUT2D eigenvalue weighted by molar-refractivity contribution is -0.111. The number of amides is 1. The molecule has 10 heteroatoms. The molecule has 0 spiro atoms. The summed E-state index contributed by atoms with van der Waals surface area (Å²) < 4.78 is 5.53. The fourth-order valence-electron chi connectivity index (χ4n) is 3.98. The molecule has 1 fully saturated rings. The van der Waals surface area contributed by atoms with Gasteiger partial charge in [0.2, 0.25) is 11.9 Å². The Morgan fingerprint density at radius 2 is 1.76 bits per heavy atom. The third kappa shape index (κ3) is 7.44. The van der Waals surface area contributed by atoms with Crippen molar-refractivity contribution >= 4 is 46.1 Å². The minimum absolute atomic E-state index is 0.264. The number of anilines is 7. The Kier molecular flexibility index (Phi) is 9.12. The summed E-state index contributed by atoms with van der Waals surface area (Å²) in [6.07, 6.45) is 3.07. The van der Waals surface area contributed by atoms with E-state index >= 15 is 0 Å². The predicted octanol–water partition coefficient (Wildman–Crippen LogP) is 3.92. The largest absolute Gasteiger partial charge is 0.378 e. The molecule has 1 aliphatic heterocycles. The molecule has 0 radical (unpaired) electrons. The maximum atomic E-state index is 11.7. The van der Waals surface area contributed by atoms with Crippen LogP contribution in [0.1, 0.15) is 0 Å². The van der Waals surface area contributed by atoms with E-state index in [9.17, 15) is 4.79 Å². The van der Waals surface area contributed by atoms with Crippen LogP contribution in [0.2, 0.25) is 0 Å². The maximum absolute atomic E-state index is 11.7. The summed E-state index contributed by atoms with van der Waals surface area (Å²) in [4.78, 5) is 27.8. The summed E-state index contributed by atoms with van der Waals surface area (Å²) in [5, 5.41) is 9.53. The van der Waals surface area contributed by atoms with E-state index in [-0.39, 0.29) is 5.91 Å². The standard InChI is InChI=1S/C28H36N8O2/c1-5-26(37)30-22-7-6-8-23(19-22)31-27-25(36-15-17-38-18-16-36)20-29-28(33-27)32-21-9-11-24(12-10-21)35(4)14-13-34(2)3/h5-12,19-20H,1,13-18H2,2-4H3,(H,30,37)(H2,29,31,32,33). The zero-order chi connectivity index (χ0) is 26.9. The van der Waals surface area contributed by atoms with E-state index in [2.05, 4.69) is 75.5 Å². The van der Waals surface area contributed by atoms with Crippen molar-refractivity contribution in [2.75, 3.05) is 86.3 Å². The van der Waals surface area contributed by atoms with E-state index in [1.165, 1.54) is 6.08 Å². The van der Waals surface area contributed by atoms with E-state index < -0.39 is 0 Å². The van der Waals surface area contributed by atoms with Crippen LogP contribution in [-0.2, 0) is 9.53 Å². The molecule has 1 amide bonds. The van der Waals surface area contributed by atoms with Crippen molar-refractivity contribution in [1.29, 1.82) is 0 Å². The molecule has 0 atom stereocenters. The molecule has 38 heavy (non-hydrogen) atoms. The number of carbonyl (C=O) groups is 1. The molecule has 0 aliphatic carbocycles. The number of carbonyl (C=O) groups excluding carboxylic acids is 1. The van der Waals surface area contributed by atoms with Gasteiger partial charge in [0.15, 0.2) is 5.82 Å². The van der Waals surface area contributed by atoms with Crippen molar-refractivity contribution in [3.8, 4) is 0 Å². The summed E-state index contributed by atoms with van der Waals surface area (Å²) in [6.45, 7) is 8.25. The highest BCUT2D eigenvalue weighted by Crippen LogP contribution is 2.30. The summed E-state index contributed by atoms with van der Waals surface area (Å²) in [5.74, 6) is 0.880. The zero-order valence-corrected chi connectivity index (χ0v) is 22.3. The van der Waals surface area contributed by atoms with Gasteiger partial charge in [-0.1, -0.05) is 12.6 Å². The first kappa shape index (κ1) is 26.9. The third-order valence-electron chi connectivity index (χ3n) is 6.15. The van der Waals surface area contributed by atoms with Gasteiger partial charge in [-0.15, -0.1) is 0 Å². The van der Waals surface area contributed by atoms with Crippen LogP contribution in [0.25, 0.3) is 0 Å². The lowest BCUT2D eigenvalue weighted by Gasteiger charge is -2.30. The van der Waals surface area contributed by atoms with E-state index in [4.69, 9.17) is 9.72 Å². The molecular formula is C28H36N8O2. The molecule has 0 unspecified atom stereocenters. The number of hydrogen-bond donors (Lipinski definition) is 3. The first-order valence-corrected chi connectivity index (χ1v) is 12.6. The summed E-state index contributed by atoms with van der Waals surface area (Å²) in [6, 6.07) is 15.7. The number of aromatic nitrogens is 2. The molecule has 1 aliphatic rings. The normalized spacial score (nSPS) is 13.2. The van der Waals surface area contributed by atoms with Crippen LogP contribution in [0.4, 0.5) is 40.2 Å². The fourth-order valence-corrected chi connectivity index (χ4v) is 3.98. The van der Waals surface area contributed by atoms with Crippen LogP contribution in [0.5, 0.6) is 0 Å².